The smallest absolute Gasteiger partial charge is 0.128 e. The number of aromatic nitrogens is 1. The molecule has 1 aromatic heterocycles. The first kappa shape index (κ1) is 14.3. The first-order valence-corrected chi connectivity index (χ1v) is 7.36. The summed E-state index contributed by atoms with van der Waals surface area (Å²) in [6.45, 7) is 11.9. The molecule has 0 unspecified atom stereocenters. The molecule has 0 radical (unpaired) electrons. The Morgan fingerprint density at radius 1 is 1.21 bits per heavy atom. The molecule has 0 spiro atoms. The molecule has 4 heteroatoms. The van der Waals surface area contributed by atoms with Gasteiger partial charge >= 0.3 is 0 Å². The van der Waals surface area contributed by atoms with Crippen LogP contribution in [0.15, 0.2) is 12.1 Å². The van der Waals surface area contributed by atoms with Gasteiger partial charge in [0.25, 0.3) is 0 Å². The van der Waals surface area contributed by atoms with Crippen LogP contribution in [0.4, 0.5) is 5.82 Å². The van der Waals surface area contributed by atoms with E-state index in [0.29, 0.717) is 0 Å². The summed E-state index contributed by atoms with van der Waals surface area (Å²) in [5.41, 5.74) is 8.35. The van der Waals surface area contributed by atoms with Crippen molar-refractivity contribution in [3.8, 4) is 0 Å². The molecule has 1 aliphatic rings. The van der Waals surface area contributed by atoms with E-state index in [1.165, 1.54) is 5.56 Å². The zero-order valence-electron chi connectivity index (χ0n) is 12.4. The van der Waals surface area contributed by atoms with E-state index in [0.717, 1.165) is 50.7 Å². The lowest BCUT2D eigenvalue weighted by atomic mass is 10.0. The largest absolute Gasteiger partial charge is 0.354 e. The summed E-state index contributed by atoms with van der Waals surface area (Å²) in [4.78, 5) is 9.60. The van der Waals surface area contributed by atoms with Crippen LogP contribution in [0.1, 0.15) is 37.6 Å². The van der Waals surface area contributed by atoms with E-state index >= 15 is 0 Å². The molecule has 1 aliphatic heterocycles. The lowest BCUT2D eigenvalue weighted by molar-refractivity contribution is 0.270. The third kappa shape index (κ3) is 3.25. The Morgan fingerprint density at radius 2 is 1.89 bits per heavy atom. The van der Waals surface area contributed by atoms with Gasteiger partial charge in [0.2, 0.25) is 0 Å². The third-order valence-corrected chi connectivity index (χ3v) is 4.09. The van der Waals surface area contributed by atoms with Crippen molar-refractivity contribution in [2.75, 3.05) is 37.6 Å². The Hall–Kier alpha value is -1.13. The topological polar surface area (TPSA) is 45.4 Å². The Bertz CT molecular complexity index is 411. The first-order valence-electron chi connectivity index (χ1n) is 7.36. The van der Waals surface area contributed by atoms with Crippen LogP contribution >= 0.6 is 0 Å². The fraction of sp³-hybridized carbons (Fsp3) is 0.667. The molecule has 1 aromatic rings. The van der Waals surface area contributed by atoms with Gasteiger partial charge in [-0.1, -0.05) is 19.9 Å². The monoisotopic (exact) mass is 262 g/mol. The summed E-state index contributed by atoms with van der Waals surface area (Å²) in [7, 11) is 0. The number of nitrogens with two attached hydrogens (primary N) is 1. The van der Waals surface area contributed by atoms with Gasteiger partial charge in [0.05, 0.1) is 0 Å². The second-order valence-corrected chi connectivity index (χ2v) is 5.28. The molecule has 2 rings (SSSR count). The molecule has 0 saturated carbocycles. The standard InChI is InChI=1S/C15H26N4/c1-4-14(16)13-6-7-15(17-12(13)3)19-10-8-18(5-2)9-11-19/h6-7,14H,4-5,8-11,16H2,1-3H3/t14-/m0/s1. The molecular weight excluding hydrogens is 236 g/mol. The fourth-order valence-corrected chi connectivity index (χ4v) is 2.64. The van der Waals surface area contributed by atoms with E-state index in [2.05, 4.69) is 42.7 Å². The van der Waals surface area contributed by atoms with Crippen LogP contribution in [0.5, 0.6) is 0 Å². The average molecular weight is 262 g/mol. The van der Waals surface area contributed by atoms with Gasteiger partial charge in [0, 0.05) is 37.9 Å². The molecule has 0 bridgehead atoms. The Balaban J connectivity index is 2.08. The quantitative estimate of drug-likeness (QED) is 0.901. The average Bonchev–Trinajstić information content (AvgIpc) is 2.46. The van der Waals surface area contributed by atoms with Gasteiger partial charge in [-0.2, -0.15) is 0 Å². The molecule has 4 nitrogen and oxygen atoms in total. The molecule has 1 fully saturated rings. The highest BCUT2D eigenvalue weighted by Gasteiger charge is 2.17. The number of nitrogens with zero attached hydrogens (tertiary/aromatic N) is 3. The number of hydrogen-bond donors (Lipinski definition) is 1. The molecule has 19 heavy (non-hydrogen) atoms. The van der Waals surface area contributed by atoms with Gasteiger partial charge in [-0.05, 0) is 31.5 Å². The van der Waals surface area contributed by atoms with Gasteiger partial charge in [-0.3, -0.25) is 0 Å². The Morgan fingerprint density at radius 3 is 2.42 bits per heavy atom. The van der Waals surface area contributed by atoms with E-state index in [1.54, 1.807) is 0 Å². The summed E-state index contributed by atoms with van der Waals surface area (Å²) in [6.07, 6.45) is 0.955. The van der Waals surface area contributed by atoms with E-state index in [9.17, 15) is 0 Å². The minimum atomic E-state index is 0.110. The highest BCUT2D eigenvalue weighted by atomic mass is 15.3. The van der Waals surface area contributed by atoms with Crippen molar-refractivity contribution in [3.63, 3.8) is 0 Å². The molecule has 2 N–H and O–H groups in total. The zero-order chi connectivity index (χ0) is 13.8. The van der Waals surface area contributed by atoms with Crippen LogP contribution in [-0.4, -0.2) is 42.6 Å². The maximum atomic E-state index is 6.10. The lowest BCUT2D eigenvalue weighted by Gasteiger charge is -2.35. The van der Waals surface area contributed by atoms with Crippen LogP contribution < -0.4 is 10.6 Å². The van der Waals surface area contributed by atoms with Crippen LogP contribution in [0, 0.1) is 6.92 Å². The van der Waals surface area contributed by atoms with Crippen LogP contribution in [0.3, 0.4) is 0 Å². The normalized spacial score (nSPS) is 18.6. The number of aryl methyl sites for hydroxylation is 1. The number of piperazine rings is 1. The van der Waals surface area contributed by atoms with Gasteiger partial charge in [-0.15, -0.1) is 0 Å². The minimum absolute atomic E-state index is 0.110. The maximum Gasteiger partial charge on any atom is 0.128 e. The number of rotatable bonds is 4. The van der Waals surface area contributed by atoms with Crippen molar-refractivity contribution in [1.82, 2.24) is 9.88 Å². The molecule has 1 atom stereocenters. The highest BCUT2D eigenvalue weighted by Crippen LogP contribution is 2.21. The zero-order valence-corrected chi connectivity index (χ0v) is 12.4. The minimum Gasteiger partial charge on any atom is -0.354 e. The predicted molar refractivity (Wildman–Crippen MR) is 80.5 cm³/mol. The fourth-order valence-electron chi connectivity index (χ4n) is 2.64. The van der Waals surface area contributed by atoms with Crippen molar-refractivity contribution >= 4 is 5.82 Å². The Kier molecular flexibility index (Phi) is 4.77. The van der Waals surface area contributed by atoms with E-state index < -0.39 is 0 Å². The van der Waals surface area contributed by atoms with Crippen LogP contribution in [0.2, 0.25) is 0 Å². The van der Waals surface area contributed by atoms with Crippen molar-refractivity contribution < 1.29 is 0 Å². The lowest BCUT2D eigenvalue weighted by Crippen LogP contribution is -2.46. The third-order valence-electron chi connectivity index (χ3n) is 4.09. The second-order valence-electron chi connectivity index (χ2n) is 5.28. The summed E-state index contributed by atoms with van der Waals surface area (Å²) in [6, 6.07) is 4.38. The number of pyridine rings is 1. The summed E-state index contributed by atoms with van der Waals surface area (Å²) in [5.74, 6) is 1.10. The molecule has 106 valence electrons. The predicted octanol–water partition coefficient (Wildman–Crippen LogP) is 1.94. The maximum absolute atomic E-state index is 6.10. The number of likely N-dealkylation sites (N-methyl/N-ethyl adjacent to an activating group) is 1. The molecule has 1 saturated heterocycles. The van der Waals surface area contributed by atoms with Crippen molar-refractivity contribution in [2.24, 2.45) is 5.73 Å². The summed E-state index contributed by atoms with van der Waals surface area (Å²) < 4.78 is 0. The SMILES string of the molecule is CC[C@H](N)c1ccc(N2CCN(CC)CC2)nc1C. The van der Waals surface area contributed by atoms with Gasteiger partial charge in [0.15, 0.2) is 0 Å². The summed E-state index contributed by atoms with van der Waals surface area (Å²) >= 11 is 0. The van der Waals surface area contributed by atoms with Crippen molar-refractivity contribution in [3.05, 3.63) is 23.4 Å². The van der Waals surface area contributed by atoms with E-state index in [4.69, 9.17) is 10.7 Å². The number of hydrogen-bond acceptors (Lipinski definition) is 4. The van der Waals surface area contributed by atoms with Gasteiger partial charge in [-0.25, -0.2) is 4.98 Å². The molecule has 2 heterocycles. The van der Waals surface area contributed by atoms with Gasteiger partial charge < -0.3 is 15.5 Å². The van der Waals surface area contributed by atoms with E-state index in [-0.39, 0.29) is 6.04 Å². The summed E-state index contributed by atoms with van der Waals surface area (Å²) in [5, 5.41) is 0. The molecule has 0 aliphatic carbocycles. The van der Waals surface area contributed by atoms with Crippen LogP contribution in [-0.2, 0) is 0 Å². The van der Waals surface area contributed by atoms with Crippen molar-refractivity contribution in [1.29, 1.82) is 0 Å². The molecule has 0 amide bonds. The van der Waals surface area contributed by atoms with Crippen LogP contribution in [0.25, 0.3) is 0 Å². The first-order chi connectivity index (χ1) is 9.15. The van der Waals surface area contributed by atoms with Crippen molar-refractivity contribution in [2.45, 2.75) is 33.2 Å². The number of anilines is 1. The van der Waals surface area contributed by atoms with E-state index in [1.807, 2.05) is 0 Å². The highest BCUT2D eigenvalue weighted by molar-refractivity contribution is 5.43. The molecular formula is C15H26N4. The molecule has 0 aromatic carbocycles. The Labute approximate surface area is 116 Å². The van der Waals surface area contributed by atoms with Gasteiger partial charge in [0.1, 0.15) is 5.82 Å². The second kappa shape index (κ2) is 6.35.